The predicted molar refractivity (Wildman–Crippen MR) is 89.3 cm³/mol. The van der Waals surface area contributed by atoms with Gasteiger partial charge in [-0.05, 0) is 24.2 Å². The lowest BCUT2D eigenvalue weighted by Gasteiger charge is -2.34. The first-order chi connectivity index (χ1) is 11.9. The molecule has 25 heavy (non-hydrogen) atoms. The molecule has 1 aromatic rings. The summed E-state index contributed by atoms with van der Waals surface area (Å²) in [6.07, 6.45) is -4.43. The number of benzene rings is 1. The molecule has 1 fully saturated rings. The minimum absolute atomic E-state index is 0.542. The van der Waals surface area contributed by atoms with Gasteiger partial charge in [0.2, 0.25) is 5.91 Å². The minimum Gasteiger partial charge on any atom is -0.362 e. The van der Waals surface area contributed by atoms with Crippen LogP contribution in [0.3, 0.4) is 0 Å². The van der Waals surface area contributed by atoms with Crippen molar-refractivity contribution in [1.82, 2.24) is 9.80 Å². The number of rotatable bonds is 7. The summed E-state index contributed by atoms with van der Waals surface area (Å²) in [5.74, 6) is -0.604. The third-order valence-corrected chi connectivity index (χ3v) is 4.05. The number of nitrogens with one attached hydrogen (secondary N) is 1. The highest BCUT2D eigenvalue weighted by Crippen LogP contribution is 2.15. The number of nitrogens with zero attached hydrogens (tertiary/aromatic N) is 2. The number of amides is 1. The van der Waals surface area contributed by atoms with Gasteiger partial charge in [-0.1, -0.05) is 19.1 Å². The SMILES string of the molecule is CCN1CCN(Cc2ccc(NC(=O)COCC(F)(F)F)cc2)CC1. The number of likely N-dealkylation sites (N-methyl/N-ethyl adjacent to an activating group) is 1. The van der Waals surface area contributed by atoms with Crippen molar-refractivity contribution in [3.8, 4) is 0 Å². The number of carbonyl (C=O) groups excluding carboxylic acids is 1. The molecule has 1 amide bonds. The van der Waals surface area contributed by atoms with Crippen LogP contribution >= 0.6 is 0 Å². The number of piperazine rings is 1. The first-order valence-corrected chi connectivity index (χ1v) is 8.33. The molecule has 0 spiro atoms. The second-order valence-electron chi connectivity index (χ2n) is 6.06. The molecule has 1 heterocycles. The number of halogens is 3. The molecule has 140 valence electrons. The van der Waals surface area contributed by atoms with E-state index in [1.807, 2.05) is 12.1 Å². The highest BCUT2D eigenvalue weighted by atomic mass is 19.4. The lowest BCUT2D eigenvalue weighted by molar-refractivity contribution is -0.174. The van der Waals surface area contributed by atoms with Crippen LogP contribution in [-0.2, 0) is 16.1 Å². The van der Waals surface area contributed by atoms with Crippen LogP contribution < -0.4 is 5.32 Å². The first-order valence-electron chi connectivity index (χ1n) is 8.33. The average molecular weight is 359 g/mol. The van der Waals surface area contributed by atoms with Crippen LogP contribution in [0.25, 0.3) is 0 Å². The lowest BCUT2D eigenvalue weighted by Crippen LogP contribution is -2.45. The first kappa shape index (κ1) is 19.7. The van der Waals surface area contributed by atoms with E-state index in [9.17, 15) is 18.0 Å². The van der Waals surface area contributed by atoms with Crippen molar-refractivity contribution >= 4 is 11.6 Å². The topological polar surface area (TPSA) is 44.8 Å². The Labute approximate surface area is 145 Å². The highest BCUT2D eigenvalue weighted by molar-refractivity contribution is 5.91. The van der Waals surface area contributed by atoms with Crippen molar-refractivity contribution in [3.63, 3.8) is 0 Å². The molecule has 0 unspecified atom stereocenters. The van der Waals surface area contributed by atoms with Gasteiger partial charge in [0.15, 0.2) is 0 Å². The molecule has 5 nitrogen and oxygen atoms in total. The Balaban J connectivity index is 1.73. The van der Waals surface area contributed by atoms with E-state index in [0.717, 1.165) is 44.8 Å². The smallest absolute Gasteiger partial charge is 0.362 e. The predicted octanol–water partition coefficient (Wildman–Crippen LogP) is 2.34. The van der Waals surface area contributed by atoms with E-state index < -0.39 is 25.3 Å². The number of hydrogen-bond donors (Lipinski definition) is 1. The maximum Gasteiger partial charge on any atom is 0.411 e. The van der Waals surface area contributed by atoms with E-state index in [4.69, 9.17) is 0 Å². The van der Waals surface area contributed by atoms with Gasteiger partial charge in [-0.15, -0.1) is 0 Å². The van der Waals surface area contributed by atoms with Gasteiger partial charge in [0, 0.05) is 38.4 Å². The van der Waals surface area contributed by atoms with Crippen molar-refractivity contribution < 1.29 is 22.7 Å². The molecule has 1 saturated heterocycles. The van der Waals surface area contributed by atoms with Crippen LogP contribution in [0.1, 0.15) is 12.5 Å². The average Bonchev–Trinajstić information content (AvgIpc) is 2.56. The highest BCUT2D eigenvalue weighted by Gasteiger charge is 2.27. The molecule has 8 heteroatoms. The van der Waals surface area contributed by atoms with E-state index >= 15 is 0 Å². The van der Waals surface area contributed by atoms with Crippen molar-refractivity contribution in [1.29, 1.82) is 0 Å². The number of anilines is 1. The van der Waals surface area contributed by atoms with Gasteiger partial charge in [0.1, 0.15) is 13.2 Å². The van der Waals surface area contributed by atoms with E-state index in [1.54, 1.807) is 12.1 Å². The summed E-state index contributed by atoms with van der Waals surface area (Å²) in [5.41, 5.74) is 1.68. The summed E-state index contributed by atoms with van der Waals surface area (Å²) in [6, 6.07) is 7.33. The minimum atomic E-state index is -4.43. The van der Waals surface area contributed by atoms with Crippen LogP contribution in [0.2, 0.25) is 0 Å². The molecular weight excluding hydrogens is 335 g/mol. The molecule has 2 rings (SSSR count). The van der Waals surface area contributed by atoms with Crippen LogP contribution in [-0.4, -0.2) is 67.8 Å². The van der Waals surface area contributed by atoms with Crippen molar-refractivity contribution in [2.75, 3.05) is 51.3 Å². The summed E-state index contributed by atoms with van der Waals surface area (Å²) in [5, 5.41) is 2.52. The zero-order chi connectivity index (χ0) is 18.3. The second-order valence-corrected chi connectivity index (χ2v) is 6.06. The van der Waals surface area contributed by atoms with Crippen molar-refractivity contribution in [2.45, 2.75) is 19.6 Å². The van der Waals surface area contributed by atoms with Crippen LogP contribution in [0, 0.1) is 0 Å². The molecular formula is C17H24F3N3O2. The summed E-state index contributed by atoms with van der Waals surface area (Å²) in [7, 11) is 0. The van der Waals surface area contributed by atoms with E-state index in [1.165, 1.54) is 0 Å². The van der Waals surface area contributed by atoms with Gasteiger partial charge in [0.25, 0.3) is 0 Å². The van der Waals surface area contributed by atoms with E-state index in [2.05, 4.69) is 26.8 Å². The second kappa shape index (κ2) is 9.17. The monoisotopic (exact) mass is 359 g/mol. The molecule has 0 aliphatic carbocycles. The van der Waals surface area contributed by atoms with Gasteiger partial charge in [0.05, 0.1) is 0 Å². The van der Waals surface area contributed by atoms with Crippen molar-refractivity contribution in [3.05, 3.63) is 29.8 Å². The number of alkyl halides is 3. The lowest BCUT2D eigenvalue weighted by atomic mass is 10.1. The molecule has 0 aromatic heterocycles. The summed E-state index contributed by atoms with van der Waals surface area (Å²) >= 11 is 0. The number of hydrogen-bond acceptors (Lipinski definition) is 4. The molecule has 0 atom stereocenters. The third-order valence-electron chi connectivity index (χ3n) is 4.05. The van der Waals surface area contributed by atoms with E-state index in [0.29, 0.717) is 5.69 Å². The molecule has 1 N–H and O–H groups in total. The Morgan fingerprint density at radius 3 is 2.28 bits per heavy atom. The summed E-state index contributed by atoms with van der Waals surface area (Å²) < 4.78 is 40.2. The quantitative estimate of drug-likeness (QED) is 0.812. The molecule has 1 aliphatic rings. The normalized spacial score (nSPS) is 16.8. The van der Waals surface area contributed by atoms with E-state index in [-0.39, 0.29) is 0 Å². The summed E-state index contributed by atoms with van der Waals surface area (Å²) in [4.78, 5) is 16.3. The third kappa shape index (κ3) is 7.41. The number of carbonyl (C=O) groups is 1. The fourth-order valence-corrected chi connectivity index (χ4v) is 2.67. The fraction of sp³-hybridized carbons (Fsp3) is 0.588. The van der Waals surface area contributed by atoms with Crippen LogP contribution in [0.15, 0.2) is 24.3 Å². The zero-order valence-corrected chi connectivity index (χ0v) is 14.3. The van der Waals surface area contributed by atoms with Gasteiger partial charge >= 0.3 is 6.18 Å². The van der Waals surface area contributed by atoms with Gasteiger partial charge < -0.3 is 15.0 Å². The molecule has 0 radical (unpaired) electrons. The standard InChI is InChI=1S/C17H24F3N3O2/c1-2-22-7-9-23(10-8-22)11-14-3-5-15(6-4-14)21-16(24)12-25-13-17(18,19)20/h3-6H,2,7-13H2,1H3,(H,21,24). The molecule has 0 saturated carbocycles. The number of ether oxygens (including phenoxy) is 1. The summed E-state index contributed by atoms with van der Waals surface area (Å²) in [6.45, 7) is 6.25. The maximum absolute atomic E-state index is 11.9. The molecule has 1 aromatic carbocycles. The van der Waals surface area contributed by atoms with Crippen LogP contribution in [0.5, 0.6) is 0 Å². The molecule has 1 aliphatic heterocycles. The Kier molecular flexibility index (Phi) is 7.22. The van der Waals surface area contributed by atoms with Crippen molar-refractivity contribution in [2.24, 2.45) is 0 Å². The molecule has 0 bridgehead atoms. The van der Waals surface area contributed by atoms with Crippen LogP contribution in [0.4, 0.5) is 18.9 Å². The zero-order valence-electron chi connectivity index (χ0n) is 14.3. The fourth-order valence-electron chi connectivity index (χ4n) is 2.67. The Morgan fingerprint density at radius 2 is 1.72 bits per heavy atom. The largest absolute Gasteiger partial charge is 0.411 e. The van der Waals surface area contributed by atoms with Gasteiger partial charge in [-0.3, -0.25) is 9.69 Å². The maximum atomic E-state index is 11.9. The Morgan fingerprint density at radius 1 is 1.12 bits per heavy atom. The van der Waals surface area contributed by atoms with Gasteiger partial charge in [-0.2, -0.15) is 13.2 Å². The Bertz CT molecular complexity index is 541. The van der Waals surface area contributed by atoms with Gasteiger partial charge in [-0.25, -0.2) is 0 Å². The Hall–Kier alpha value is -1.64.